The number of carbonyl (C=O) groups excluding carboxylic acids is 1. The normalized spacial score (nSPS) is 17.1. The SMILES string of the molecule is CC(=O)C1=CC=C(OC(F)(F)F)CC1. The zero-order valence-electron chi connectivity index (χ0n) is 7.52. The summed E-state index contributed by atoms with van der Waals surface area (Å²) in [6.45, 7) is 1.38. The molecular weight excluding hydrogens is 197 g/mol. The fourth-order valence-corrected chi connectivity index (χ4v) is 1.15. The van der Waals surface area contributed by atoms with Gasteiger partial charge in [-0.25, -0.2) is 0 Å². The van der Waals surface area contributed by atoms with Crippen molar-refractivity contribution in [3.05, 3.63) is 23.5 Å². The summed E-state index contributed by atoms with van der Waals surface area (Å²) in [6, 6.07) is 0. The van der Waals surface area contributed by atoms with Gasteiger partial charge in [0.15, 0.2) is 5.78 Å². The van der Waals surface area contributed by atoms with Gasteiger partial charge in [-0.3, -0.25) is 4.79 Å². The highest BCUT2D eigenvalue weighted by Gasteiger charge is 2.32. The van der Waals surface area contributed by atoms with Gasteiger partial charge in [-0.1, -0.05) is 6.08 Å². The maximum atomic E-state index is 11.7. The molecule has 0 saturated carbocycles. The standard InChI is InChI=1S/C9H9F3O2/c1-6(13)7-2-4-8(5-3-7)14-9(10,11)12/h2,4H,3,5H2,1H3. The lowest BCUT2D eigenvalue weighted by molar-refractivity contribution is -0.306. The fraction of sp³-hybridized carbons (Fsp3) is 0.444. The second-order valence-corrected chi connectivity index (χ2v) is 2.93. The van der Waals surface area contributed by atoms with Gasteiger partial charge in [-0.2, -0.15) is 0 Å². The van der Waals surface area contributed by atoms with Crippen molar-refractivity contribution in [1.82, 2.24) is 0 Å². The summed E-state index contributed by atoms with van der Waals surface area (Å²) in [6.07, 6.45) is -1.67. The summed E-state index contributed by atoms with van der Waals surface area (Å²) < 4.78 is 38.9. The minimum atomic E-state index is -4.65. The number of allylic oxidation sites excluding steroid dienone is 4. The molecule has 0 atom stereocenters. The minimum absolute atomic E-state index is 0.116. The first-order chi connectivity index (χ1) is 6.38. The molecule has 1 aliphatic carbocycles. The van der Waals surface area contributed by atoms with Crippen molar-refractivity contribution < 1.29 is 22.7 Å². The number of hydrogen-bond donors (Lipinski definition) is 0. The van der Waals surface area contributed by atoms with Crippen LogP contribution in [0.15, 0.2) is 23.5 Å². The molecule has 0 aromatic carbocycles. The van der Waals surface area contributed by atoms with E-state index in [4.69, 9.17) is 0 Å². The second kappa shape index (κ2) is 3.86. The second-order valence-electron chi connectivity index (χ2n) is 2.93. The number of hydrogen-bond acceptors (Lipinski definition) is 2. The van der Waals surface area contributed by atoms with Crippen LogP contribution in [0.4, 0.5) is 13.2 Å². The number of carbonyl (C=O) groups is 1. The molecule has 78 valence electrons. The van der Waals surface area contributed by atoms with Crippen molar-refractivity contribution in [3.8, 4) is 0 Å². The Balaban J connectivity index is 2.65. The zero-order valence-corrected chi connectivity index (χ0v) is 7.52. The van der Waals surface area contributed by atoms with Gasteiger partial charge in [0.1, 0.15) is 5.76 Å². The minimum Gasteiger partial charge on any atom is -0.410 e. The topological polar surface area (TPSA) is 26.3 Å². The van der Waals surface area contributed by atoms with E-state index >= 15 is 0 Å². The van der Waals surface area contributed by atoms with Gasteiger partial charge in [0.2, 0.25) is 0 Å². The van der Waals surface area contributed by atoms with Crippen LogP contribution < -0.4 is 0 Å². The van der Waals surface area contributed by atoms with Gasteiger partial charge in [0.05, 0.1) is 0 Å². The van der Waals surface area contributed by atoms with Crippen LogP contribution in [-0.2, 0) is 9.53 Å². The number of halogens is 3. The van der Waals surface area contributed by atoms with Crippen molar-refractivity contribution in [2.45, 2.75) is 26.1 Å². The molecule has 0 N–H and O–H groups in total. The molecule has 0 spiro atoms. The fourth-order valence-electron chi connectivity index (χ4n) is 1.15. The number of ketones is 1. The lowest BCUT2D eigenvalue weighted by atomic mass is 10.0. The van der Waals surface area contributed by atoms with E-state index in [1.54, 1.807) is 0 Å². The number of ether oxygens (including phenoxy) is 1. The first kappa shape index (κ1) is 10.8. The van der Waals surface area contributed by atoms with Gasteiger partial charge >= 0.3 is 6.36 Å². The number of Topliss-reactive ketones (excluding diaryl/α,β-unsaturated/α-hetero) is 1. The van der Waals surface area contributed by atoms with Crippen LogP contribution in [0.2, 0.25) is 0 Å². The Morgan fingerprint density at radius 3 is 2.36 bits per heavy atom. The highest BCUT2D eigenvalue weighted by Crippen LogP contribution is 2.27. The van der Waals surface area contributed by atoms with E-state index in [1.807, 2.05) is 0 Å². The summed E-state index contributed by atoms with van der Waals surface area (Å²) in [7, 11) is 0. The predicted octanol–water partition coefficient (Wildman–Crippen LogP) is 2.72. The molecule has 14 heavy (non-hydrogen) atoms. The average molecular weight is 206 g/mol. The average Bonchev–Trinajstić information content (AvgIpc) is 2.02. The molecule has 5 heteroatoms. The lowest BCUT2D eigenvalue weighted by Gasteiger charge is -2.15. The third kappa shape index (κ3) is 3.24. The third-order valence-electron chi connectivity index (χ3n) is 1.81. The van der Waals surface area contributed by atoms with Crippen LogP contribution in [0.1, 0.15) is 19.8 Å². The molecule has 1 aliphatic rings. The third-order valence-corrected chi connectivity index (χ3v) is 1.81. The first-order valence-electron chi connectivity index (χ1n) is 4.05. The Labute approximate surface area is 79.0 Å². The molecule has 0 amide bonds. The molecule has 0 saturated heterocycles. The van der Waals surface area contributed by atoms with Crippen molar-refractivity contribution in [2.24, 2.45) is 0 Å². The Kier molecular flexibility index (Phi) is 2.98. The Morgan fingerprint density at radius 2 is 2.00 bits per heavy atom. The predicted molar refractivity (Wildman–Crippen MR) is 43.2 cm³/mol. The molecular formula is C9H9F3O2. The quantitative estimate of drug-likeness (QED) is 0.694. The molecule has 0 aromatic rings. The maximum Gasteiger partial charge on any atom is 0.572 e. The van der Waals surface area contributed by atoms with Crippen LogP contribution >= 0.6 is 0 Å². The molecule has 0 aromatic heterocycles. The van der Waals surface area contributed by atoms with Gasteiger partial charge in [-0.05, 0) is 25.0 Å². The summed E-state index contributed by atoms with van der Waals surface area (Å²) in [5.74, 6) is -0.269. The van der Waals surface area contributed by atoms with Crippen LogP contribution in [0.5, 0.6) is 0 Å². The van der Waals surface area contributed by atoms with Crippen molar-refractivity contribution in [3.63, 3.8) is 0 Å². The van der Waals surface area contributed by atoms with E-state index in [0.717, 1.165) is 0 Å². The first-order valence-corrected chi connectivity index (χ1v) is 4.05. The highest BCUT2D eigenvalue weighted by atomic mass is 19.4. The summed E-state index contributed by atoms with van der Waals surface area (Å²) in [4.78, 5) is 10.8. The molecule has 1 rings (SSSR count). The van der Waals surface area contributed by atoms with Crippen LogP contribution in [0.25, 0.3) is 0 Å². The van der Waals surface area contributed by atoms with E-state index in [9.17, 15) is 18.0 Å². The molecule has 0 bridgehead atoms. The van der Waals surface area contributed by atoms with Crippen LogP contribution in [0.3, 0.4) is 0 Å². The van der Waals surface area contributed by atoms with Crippen LogP contribution in [0, 0.1) is 0 Å². The number of rotatable bonds is 2. The van der Waals surface area contributed by atoms with E-state index in [2.05, 4.69) is 4.74 Å². The van der Waals surface area contributed by atoms with E-state index < -0.39 is 6.36 Å². The van der Waals surface area contributed by atoms with Gasteiger partial charge in [-0.15, -0.1) is 13.2 Å². The summed E-state index contributed by atoms with van der Waals surface area (Å²) >= 11 is 0. The van der Waals surface area contributed by atoms with E-state index in [-0.39, 0.29) is 18.0 Å². The Bertz CT molecular complexity index is 300. The number of alkyl halides is 3. The molecule has 0 heterocycles. The highest BCUT2D eigenvalue weighted by molar-refractivity contribution is 5.93. The van der Waals surface area contributed by atoms with Crippen molar-refractivity contribution >= 4 is 5.78 Å². The maximum absolute atomic E-state index is 11.7. The Hall–Kier alpha value is -1.26. The van der Waals surface area contributed by atoms with E-state index in [0.29, 0.717) is 12.0 Å². The molecule has 0 radical (unpaired) electrons. The largest absolute Gasteiger partial charge is 0.572 e. The zero-order chi connectivity index (χ0) is 10.8. The Morgan fingerprint density at radius 1 is 1.36 bits per heavy atom. The summed E-state index contributed by atoms with van der Waals surface area (Å²) in [5, 5.41) is 0. The van der Waals surface area contributed by atoms with Gasteiger partial charge in [0, 0.05) is 6.42 Å². The van der Waals surface area contributed by atoms with Gasteiger partial charge in [0.25, 0.3) is 0 Å². The summed E-state index contributed by atoms with van der Waals surface area (Å²) in [5.41, 5.74) is 0.527. The molecule has 0 aliphatic heterocycles. The van der Waals surface area contributed by atoms with Crippen molar-refractivity contribution in [2.75, 3.05) is 0 Å². The molecule has 0 fully saturated rings. The van der Waals surface area contributed by atoms with Gasteiger partial charge < -0.3 is 4.74 Å². The van der Waals surface area contributed by atoms with E-state index in [1.165, 1.54) is 19.1 Å². The molecule has 0 unspecified atom stereocenters. The monoisotopic (exact) mass is 206 g/mol. The lowest BCUT2D eigenvalue weighted by Crippen LogP contribution is -2.14. The molecule has 2 nitrogen and oxygen atoms in total. The van der Waals surface area contributed by atoms with Crippen molar-refractivity contribution in [1.29, 1.82) is 0 Å². The van der Waals surface area contributed by atoms with Crippen LogP contribution in [-0.4, -0.2) is 12.1 Å². The smallest absolute Gasteiger partial charge is 0.410 e.